The maximum Gasteiger partial charge on any atom is 0.222 e. The molecule has 102 valence electrons. The second kappa shape index (κ2) is 4.15. The van der Waals surface area contributed by atoms with E-state index in [0.717, 1.165) is 0 Å². The lowest BCUT2D eigenvalue weighted by Gasteiger charge is -2.27. The summed E-state index contributed by atoms with van der Waals surface area (Å²) in [4.78, 5) is 24.2. The van der Waals surface area contributed by atoms with E-state index in [1.54, 1.807) is 19.1 Å². The predicted molar refractivity (Wildman–Crippen MR) is 67.5 cm³/mol. The lowest BCUT2D eigenvalue weighted by atomic mass is 9.76. The zero-order chi connectivity index (χ0) is 14.4. The second-order valence-corrected chi connectivity index (χ2v) is 4.93. The summed E-state index contributed by atoms with van der Waals surface area (Å²) in [5.74, 6) is -1.54. The number of Topliss-reactive ketones (excluding diaryl/α,β-unsaturated/α-hetero) is 1. The normalized spacial score (nSPS) is 38.1. The number of carbonyl (C=O) groups excluding carboxylic acids is 2. The molecule has 0 bridgehead atoms. The van der Waals surface area contributed by atoms with E-state index >= 15 is 0 Å². The maximum absolute atomic E-state index is 12.1. The highest BCUT2D eigenvalue weighted by atomic mass is 16.6. The molecular weight excluding hydrogens is 248 g/mol. The van der Waals surface area contributed by atoms with E-state index < -0.39 is 34.6 Å². The van der Waals surface area contributed by atoms with Crippen LogP contribution >= 0.6 is 0 Å². The Hall–Kier alpha value is -1.72. The molecule has 1 aliphatic heterocycles. The number of carbonyl (C=O) groups is 2. The molecule has 0 aromatic heterocycles. The molecule has 2 aliphatic rings. The molecule has 0 aromatic rings. The summed E-state index contributed by atoms with van der Waals surface area (Å²) in [6.45, 7) is 4.49. The smallest absolute Gasteiger partial charge is 0.222 e. The third kappa shape index (κ3) is 1.69. The average Bonchev–Trinajstić information content (AvgIpc) is 3.12. The molecular formula is C14H16O5. The molecule has 1 saturated heterocycles. The lowest BCUT2D eigenvalue weighted by molar-refractivity contribution is -0.130. The monoisotopic (exact) mass is 264 g/mol. The molecule has 5 nitrogen and oxygen atoms in total. The maximum atomic E-state index is 12.1. The number of fused-ring (bicyclic) bond motifs is 1. The quantitative estimate of drug-likeness (QED) is 0.343. The Balaban J connectivity index is 2.39. The molecule has 3 unspecified atom stereocenters. The number of aliphatic hydroxyl groups excluding tert-OH is 1. The third-order valence-electron chi connectivity index (χ3n) is 3.56. The average molecular weight is 264 g/mol. The molecule has 1 aliphatic carbocycles. The highest BCUT2D eigenvalue weighted by Crippen LogP contribution is 2.52. The number of ether oxygens (including phenoxy) is 1. The first-order chi connectivity index (χ1) is 8.80. The van der Waals surface area contributed by atoms with Crippen molar-refractivity contribution in [3.8, 4) is 0 Å². The Morgan fingerprint density at radius 3 is 2.63 bits per heavy atom. The van der Waals surface area contributed by atoms with Gasteiger partial charge in [0.05, 0.1) is 0 Å². The van der Waals surface area contributed by atoms with Crippen LogP contribution in [0.4, 0.5) is 0 Å². The van der Waals surface area contributed by atoms with E-state index in [0.29, 0.717) is 0 Å². The number of ketones is 2. The Morgan fingerprint density at radius 2 is 2.05 bits per heavy atom. The summed E-state index contributed by atoms with van der Waals surface area (Å²) in [5.41, 5.74) is -3.42. The SMILES string of the molecule is CC=CC=CC(=O)C12OC1C(C)(O)C(O)=C(C)C2=O. The molecule has 1 heterocycles. The molecule has 0 spiro atoms. The molecule has 0 radical (unpaired) electrons. The minimum atomic E-state index is -1.72. The van der Waals surface area contributed by atoms with Crippen LogP contribution in [-0.2, 0) is 14.3 Å². The van der Waals surface area contributed by atoms with E-state index in [9.17, 15) is 19.8 Å². The summed E-state index contributed by atoms with van der Waals surface area (Å²) in [5, 5.41) is 19.9. The van der Waals surface area contributed by atoms with Crippen LogP contribution in [0.2, 0.25) is 0 Å². The van der Waals surface area contributed by atoms with Gasteiger partial charge in [0, 0.05) is 5.57 Å². The molecule has 5 heteroatoms. The molecule has 19 heavy (non-hydrogen) atoms. The number of hydrogen-bond donors (Lipinski definition) is 2. The van der Waals surface area contributed by atoms with Gasteiger partial charge in [-0.3, -0.25) is 9.59 Å². The highest BCUT2D eigenvalue weighted by Gasteiger charge is 2.76. The first-order valence-corrected chi connectivity index (χ1v) is 5.99. The molecule has 0 aromatic carbocycles. The van der Waals surface area contributed by atoms with Crippen LogP contribution in [0.5, 0.6) is 0 Å². The molecule has 1 fully saturated rings. The Bertz CT molecular complexity index is 538. The van der Waals surface area contributed by atoms with Gasteiger partial charge >= 0.3 is 0 Å². The minimum absolute atomic E-state index is 0.0356. The van der Waals surface area contributed by atoms with E-state index in [4.69, 9.17) is 4.74 Å². The van der Waals surface area contributed by atoms with Crippen molar-refractivity contribution in [3.05, 3.63) is 35.6 Å². The van der Waals surface area contributed by atoms with Crippen LogP contribution in [0.1, 0.15) is 20.8 Å². The summed E-state index contributed by atoms with van der Waals surface area (Å²) in [6, 6.07) is 0. The summed E-state index contributed by atoms with van der Waals surface area (Å²) in [6.07, 6.45) is 5.11. The van der Waals surface area contributed by atoms with E-state index in [-0.39, 0.29) is 5.57 Å². The van der Waals surface area contributed by atoms with Gasteiger partial charge in [-0.25, -0.2) is 0 Å². The Kier molecular flexibility index (Phi) is 2.99. The van der Waals surface area contributed by atoms with Crippen molar-refractivity contribution in [2.24, 2.45) is 0 Å². The third-order valence-corrected chi connectivity index (χ3v) is 3.56. The van der Waals surface area contributed by atoms with Gasteiger partial charge < -0.3 is 14.9 Å². The van der Waals surface area contributed by atoms with Crippen molar-refractivity contribution in [2.75, 3.05) is 0 Å². The van der Waals surface area contributed by atoms with Gasteiger partial charge in [-0.05, 0) is 26.8 Å². The number of rotatable bonds is 3. The summed E-state index contributed by atoms with van der Waals surface area (Å²) < 4.78 is 5.20. The summed E-state index contributed by atoms with van der Waals surface area (Å²) >= 11 is 0. The van der Waals surface area contributed by atoms with E-state index in [1.807, 2.05) is 0 Å². The van der Waals surface area contributed by atoms with Crippen LogP contribution in [-0.4, -0.2) is 39.1 Å². The van der Waals surface area contributed by atoms with Crippen LogP contribution in [0.3, 0.4) is 0 Å². The van der Waals surface area contributed by atoms with Gasteiger partial charge in [0.15, 0.2) is 5.78 Å². The van der Waals surface area contributed by atoms with Gasteiger partial charge in [-0.15, -0.1) is 0 Å². The van der Waals surface area contributed by atoms with Crippen molar-refractivity contribution in [2.45, 2.75) is 38.1 Å². The Labute approximate surface area is 110 Å². The number of epoxide rings is 1. The van der Waals surface area contributed by atoms with Crippen molar-refractivity contribution in [1.82, 2.24) is 0 Å². The fourth-order valence-electron chi connectivity index (χ4n) is 2.40. The van der Waals surface area contributed by atoms with Gasteiger partial charge in [-0.1, -0.05) is 18.2 Å². The van der Waals surface area contributed by atoms with E-state index in [2.05, 4.69) is 0 Å². The van der Waals surface area contributed by atoms with Crippen molar-refractivity contribution >= 4 is 11.6 Å². The standard InChI is InChI=1S/C14H16O5/c1-4-5-6-7-9(15)14-11(17)8(2)10(16)13(3,18)12(14)19-14/h4-7,12,16,18H,1-3H3. The van der Waals surface area contributed by atoms with Gasteiger partial charge in [0.1, 0.15) is 17.5 Å². The number of aliphatic hydroxyl groups is 2. The highest BCUT2D eigenvalue weighted by molar-refractivity contribution is 6.24. The van der Waals surface area contributed by atoms with Gasteiger partial charge in [0.2, 0.25) is 11.4 Å². The Morgan fingerprint density at radius 1 is 1.42 bits per heavy atom. The van der Waals surface area contributed by atoms with Gasteiger partial charge in [-0.2, -0.15) is 0 Å². The minimum Gasteiger partial charge on any atom is -0.509 e. The fraction of sp³-hybridized carbons (Fsp3) is 0.429. The molecule has 0 saturated carbocycles. The second-order valence-electron chi connectivity index (χ2n) is 4.93. The van der Waals surface area contributed by atoms with Crippen LogP contribution < -0.4 is 0 Å². The molecule has 0 amide bonds. The first-order valence-electron chi connectivity index (χ1n) is 5.99. The largest absolute Gasteiger partial charge is 0.509 e. The van der Waals surface area contributed by atoms with Crippen LogP contribution in [0.25, 0.3) is 0 Å². The summed E-state index contributed by atoms with van der Waals surface area (Å²) in [7, 11) is 0. The van der Waals surface area contributed by atoms with Gasteiger partial charge in [0.25, 0.3) is 0 Å². The number of allylic oxidation sites excluding steroid dienone is 3. The predicted octanol–water partition coefficient (Wildman–Crippen LogP) is 0.991. The fourth-order valence-corrected chi connectivity index (χ4v) is 2.40. The van der Waals surface area contributed by atoms with Crippen molar-refractivity contribution in [1.29, 1.82) is 0 Å². The zero-order valence-electron chi connectivity index (χ0n) is 11.0. The molecule has 2 rings (SSSR count). The van der Waals surface area contributed by atoms with E-state index in [1.165, 1.54) is 26.0 Å². The lowest BCUT2D eigenvalue weighted by Crippen LogP contribution is -2.50. The van der Waals surface area contributed by atoms with Crippen molar-refractivity contribution < 1.29 is 24.5 Å². The van der Waals surface area contributed by atoms with Crippen LogP contribution in [0, 0.1) is 0 Å². The van der Waals surface area contributed by atoms with Crippen LogP contribution in [0.15, 0.2) is 35.6 Å². The molecule has 2 N–H and O–H groups in total. The topological polar surface area (TPSA) is 87.1 Å². The number of hydrogen-bond acceptors (Lipinski definition) is 5. The zero-order valence-corrected chi connectivity index (χ0v) is 11.0. The molecule has 3 atom stereocenters. The van der Waals surface area contributed by atoms with Crippen molar-refractivity contribution in [3.63, 3.8) is 0 Å². The first kappa shape index (κ1) is 13.7.